The van der Waals surface area contributed by atoms with Gasteiger partial charge in [0.1, 0.15) is 13.2 Å². The van der Waals surface area contributed by atoms with Crippen molar-refractivity contribution in [3.8, 4) is 0 Å². The molecular weight excluding hydrogens is 474 g/mol. The molecule has 0 N–H and O–H groups in total. The lowest BCUT2D eigenvalue weighted by Crippen LogP contribution is -2.56. The van der Waals surface area contributed by atoms with Crippen LogP contribution in [0.15, 0.2) is 12.2 Å². The molecule has 176 valence electrons. The highest BCUT2D eigenvalue weighted by Crippen LogP contribution is 2.48. The van der Waals surface area contributed by atoms with E-state index in [2.05, 4.69) is 9.47 Å². The molecule has 0 rings (SSSR count). The van der Waals surface area contributed by atoms with Gasteiger partial charge in [-0.25, -0.2) is 9.59 Å². The van der Waals surface area contributed by atoms with Crippen LogP contribution >= 0.6 is 0 Å². The van der Waals surface area contributed by atoms with Crippen molar-refractivity contribution in [2.45, 2.75) is 36.0 Å². The SMILES string of the molecule is O=C(OC/C=C/COC(=O)C(F)(F)C(F)(F)C(F)(F)F)C(F)(F)C(F)(F)C(F)(F)F. The van der Waals surface area contributed by atoms with Gasteiger partial charge in [-0.05, 0) is 12.2 Å². The van der Waals surface area contributed by atoms with E-state index in [4.69, 9.17) is 0 Å². The largest absolute Gasteiger partial charge is 0.460 e. The quantitative estimate of drug-likeness (QED) is 0.296. The van der Waals surface area contributed by atoms with Gasteiger partial charge in [0.15, 0.2) is 0 Å². The third-order valence-electron chi connectivity index (χ3n) is 2.80. The Morgan fingerprint density at radius 3 is 0.967 bits per heavy atom. The molecule has 30 heavy (non-hydrogen) atoms. The van der Waals surface area contributed by atoms with Crippen LogP contribution in [0.1, 0.15) is 0 Å². The van der Waals surface area contributed by atoms with Crippen LogP contribution in [0, 0.1) is 0 Å². The fourth-order valence-corrected chi connectivity index (χ4v) is 1.18. The molecule has 0 radical (unpaired) electrons. The highest BCUT2D eigenvalue weighted by molar-refractivity contribution is 5.79. The molecular formula is C12H6F14O4. The monoisotopic (exact) mass is 480 g/mol. The van der Waals surface area contributed by atoms with Gasteiger partial charge in [-0.2, -0.15) is 61.5 Å². The summed E-state index contributed by atoms with van der Waals surface area (Å²) in [6.45, 7) is -3.07. The Morgan fingerprint density at radius 2 is 0.767 bits per heavy atom. The Balaban J connectivity index is 4.81. The summed E-state index contributed by atoms with van der Waals surface area (Å²) < 4.78 is 179. The van der Waals surface area contributed by atoms with Crippen molar-refractivity contribution in [3.63, 3.8) is 0 Å². The van der Waals surface area contributed by atoms with E-state index in [0.29, 0.717) is 0 Å². The van der Waals surface area contributed by atoms with E-state index < -0.39 is 61.2 Å². The number of halogens is 14. The molecule has 0 aliphatic rings. The topological polar surface area (TPSA) is 52.6 Å². The second kappa shape index (κ2) is 8.44. The first-order valence-electron chi connectivity index (χ1n) is 6.69. The maximum Gasteiger partial charge on any atom is 0.460 e. The van der Waals surface area contributed by atoms with Gasteiger partial charge in [-0.15, -0.1) is 0 Å². The van der Waals surface area contributed by atoms with Crippen molar-refractivity contribution < 1.29 is 80.5 Å². The summed E-state index contributed by atoms with van der Waals surface area (Å²) in [7, 11) is 0. The number of hydrogen-bond acceptors (Lipinski definition) is 4. The minimum absolute atomic E-state index is 0.215. The summed E-state index contributed by atoms with van der Waals surface area (Å²) >= 11 is 0. The van der Waals surface area contributed by atoms with Crippen molar-refractivity contribution in [1.82, 2.24) is 0 Å². The highest BCUT2D eigenvalue weighted by atomic mass is 19.4. The number of esters is 2. The van der Waals surface area contributed by atoms with Crippen molar-refractivity contribution >= 4 is 11.9 Å². The summed E-state index contributed by atoms with van der Waals surface area (Å²) in [6, 6.07) is 0. The lowest BCUT2D eigenvalue weighted by Gasteiger charge is -2.26. The molecule has 4 nitrogen and oxygen atoms in total. The molecule has 0 aromatic heterocycles. The van der Waals surface area contributed by atoms with Crippen LogP contribution in [-0.2, 0) is 19.1 Å². The minimum atomic E-state index is -6.84. The number of ether oxygens (including phenoxy) is 2. The van der Waals surface area contributed by atoms with Crippen LogP contribution in [0.2, 0.25) is 0 Å². The van der Waals surface area contributed by atoms with Gasteiger partial charge in [0, 0.05) is 0 Å². The van der Waals surface area contributed by atoms with Gasteiger partial charge in [-0.3, -0.25) is 0 Å². The zero-order valence-electron chi connectivity index (χ0n) is 13.5. The smallest absolute Gasteiger partial charge is 0.457 e. The van der Waals surface area contributed by atoms with E-state index in [0.717, 1.165) is 0 Å². The lowest BCUT2D eigenvalue weighted by atomic mass is 10.1. The summed E-state index contributed by atoms with van der Waals surface area (Å²) in [5.41, 5.74) is 0. The molecule has 0 spiro atoms. The normalized spacial score (nSPS) is 14.7. The third-order valence-corrected chi connectivity index (χ3v) is 2.80. The molecule has 0 atom stereocenters. The zero-order chi connectivity index (χ0) is 24.4. The van der Waals surface area contributed by atoms with Crippen molar-refractivity contribution in [1.29, 1.82) is 0 Å². The second-order valence-corrected chi connectivity index (χ2v) is 4.96. The standard InChI is InChI=1S/C12H6F14O4/c13-7(14,9(17,18)11(21,22)23)5(27)29-3-1-2-4-30-6(28)8(15,16)10(19,20)12(24,25)26/h1-2H,3-4H2/b2-1+. The van der Waals surface area contributed by atoms with Crippen LogP contribution in [0.25, 0.3) is 0 Å². The third kappa shape index (κ3) is 5.24. The second-order valence-electron chi connectivity index (χ2n) is 4.96. The Morgan fingerprint density at radius 1 is 0.533 bits per heavy atom. The lowest BCUT2D eigenvalue weighted by molar-refractivity contribution is -0.348. The van der Waals surface area contributed by atoms with E-state index in [9.17, 15) is 71.1 Å². The number of rotatable bonds is 8. The molecule has 0 fully saturated rings. The zero-order valence-corrected chi connectivity index (χ0v) is 13.5. The van der Waals surface area contributed by atoms with E-state index >= 15 is 0 Å². The van der Waals surface area contributed by atoms with Crippen molar-refractivity contribution in [3.05, 3.63) is 12.2 Å². The van der Waals surface area contributed by atoms with Crippen LogP contribution < -0.4 is 0 Å². The van der Waals surface area contributed by atoms with Gasteiger partial charge in [0.05, 0.1) is 0 Å². The molecule has 0 unspecified atom stereocenters. The number of carbonyl (C=O) groups is 2. The highest BCUT2D eigenvalue weighted by Gasteiger charge is 2.78. The summed E-state index contributed by atoms with van der Waals surface area (Å²) in [5.74, 6) is -33.2. The van der Waals surface area contributed by atoms with Crippen LogP contribution in [0.5, 0.6) is 0 Å². The van der Waals surface area contributed by atoms with Crippen LogP contribution in [0.4, 0.5) is 61.5 Å². The van der Waals surface area contributed by atoms with Crippen LogP contribution in [0.3, 0.4) is 0 Å². The predicted molar refractivity (Wildman–Crippen MR) is 63.0 cm³/mol. The van der Waals surface area contributed by atoms with E-state index in [1.165, 1.54) is 0 Å². The van der Waals surface area contributed by atoms with Crippen molar-refractivity contribution in [2.24, 2.45) is 0 Å². The van der Waals surface area contributed by atoms with Gasteiger partial charge < -0.3 is 9.47 Å². The number of hydrogen-bond donors (Lipinski definition) is 0. The van der Waals surface area contributed by atoms with E-state index in [1.807, 2.05) is 0 Å². The van der Waals surface area contributed by atoms with Crippen LogP contribution in [-0.4, -0.2) is 61.2 Å². The van der Waals surface area contributed by atoms with Gasteiger partial charge >= 0.3 is 48.0 Å². The molecule has 0 bridgehead atoms. The number of alkyl halides is 14. The Kier molecular flexibility index (Phi) is 7.80. The van der Waals surface area contributed by atoms with Crippen molar-refractivity contribution in [2.75, 3.05) is 13.2 Å². The number of carbonyl (C=O) groups excluding carboxylic acids is 2. The molecule has 0 aliphatic carbocycles. The average molecular weight is 480 g/mol. The fourth-order valence-electron chi connectivity index (χ4n) is 1.18. The fraction of sp³-hybridized carbons (Fsp3) is 0.667. The molecule has 0 aromatic carbocycles. The van der Waals surface area contributed by atoms with Gasteiger partial charge in [-0.1, -0.05) is 0 Å². The maximum absolute atomic E-state index is 12.8. The predicted octanol–water partition coefficient (Wildman–Crippen LogP) is 4.29. The molecule has 0 amide bonds. The Bertz CT molecular complexity index is 605. The van der Waals surface area contributed by atoms with Gasteiger partial charge in [0.2, 0.25) is 0 Å². The first-order valence-corrected chi connectivity index (χ1v) is 6.69. The first kappa shape index (κ1) is 27.7. The maximum atomic E-state index is 12.8. The summed E-state index contributed by atoms with van der Waals surface area (Å²) in [6.07, 6.45) is -13.3. The molecule has 0 saturated carbocycles. The molecule has 18 heteroatoms. The molecule has 0 aromatic rings. The summed E-state index contributed by atoms with van der Waals surface area (Å²) in [4.78, 5) is 21.3. The van der Waals surface area contributed by atoms with Gasteiger partial charge in [0.25, 0.3) is 0 Å². The molecule has 0 saturated heterocycles. The Hall–Kier alpha value is -2.30. The minimum Gasteiger partial charge on any atom is -0.457 e. The average Bonchev–Trinajstić information content (AvgIpc) is 2.54. The summed E-state index contributed by atoms with van der Waals surface area (Å²) in [5, 5.41) is 0. The van der Waals surface area contributed by atoms with E-state index in [-0.39, 0.29) is 12.2 Å². The van der Waals surface area contributed by atoms with E-state index in [1.54, 1.807) is 0 Å². The Labute approximate surface area is 155 Å². The molecule has 0 aliphatic heterocycles. The molecule has 0 heterocycles. The first-order chi connectivity index (χ1) is 13.0.